The number of aliphatic hydroxyl groups is 1. The molecule has 112 valence electrons. The van der Waals surface area contributed by atoms with Crippen molar-refractivity contribution in [3.8, 4) is 11.5 Å². The summed E-state index contributed by atoms with van der Waals surface area (Å²) >= 11 is 9.36. The Balaban J connectivity index is 2.52. The molecule has 1 unspecified atom stereocenters. The predicted octanol–water partition coefficient (Wildman–Crippen LogP) is 4.34. The van der Waals surface area contributed by atoms with Gasteiger partial charge in [0.25, 0.3) is 0 Å². The van der Waals surface area contributed by atoms with Gasteiger partial charge in [0.2, 0.25) is 0 Å². The van der Waals surface area contributed by atoms with Crippen LogP contribution < -0.4 is 9.47 Å². The van der Waals surface area contributed by atoms with Crippen LogP contribution in [0.4, 0.5) is 4.39 Å². The molecular formula is C15H13BrClFO3. The molecule has 0 aliphatic rings. The Hall–Kier alpha value is -1.30. The number of ether oxygens (including phenoxy) is 2. The van der Waals surface area contributed by atoms with Crippen LogP contribution in [0.1, 0.15) is 17.2 Å². The van der Waals surface area contributed by atoms with E-state index in [2.05, 4.69) is 15.9 Å². The van der Waals surface area contributed by atoms with Crippen molar-refractivity contribution in [2.45, 2.75) is 6.10 Å². The molecule has 2 aromatic carbocycles. The summed E-state index contributed by atoms with van der Waals surface area (Å²) in [6.07, 6.45) is -1.21. The molecule has 3 nitrogen and oxygen atoms in total. The Morgan fingerprint density at radius 3 is 2.33 bits per heavy atom. The van der Waals surface area contributed by atoms with E-state index in [4.69, 9.17) is 21.1 Å². The molecule has 1 N–H and O–H groups in total. The average molecular weight is 376 g/mol. The molecule has 1 atom stereocenters. The van der Waals surface area contributed by atoms with Crippen molar-refractivity contribution in [1.29, 1.82) is 0 Å². The van der Waals surface area contributed by atoms with Gasteiger partial charge in [0.05, 0.1) is 14.2 Å². The fourth-order valence-electron chi connectivity index (χ4n) is 1.97. The van der Waals surface area contributed by atoms with Crippen molar-refractivity contribution in [3.63, 3.8) is 0 Å². The summed E-state index contributed by atoms with van der Waals surface area (Å²) in [4.78, 5) is 0. The van der Waals surface area contributed by atoms with Gasteiger partial charge < -0.3 is 14.6 Å². The molecule has 0 saturated carbocycles. The smallest absolute Gasteiger partial charge is 0.163 e. The lowest BCUT2D eigenvalue weighted by Crippen LogP contribution is -2.05. The lowest BCUT2D eigenvalue weighted by atomic mass is 10.0. The average Bonchev–Trinajstić information content (AvgIpc) is 2.48. The van der Waals surface area contributed by atoms with Crippen LogP contribution in [0.2, 0.25) is 5.02 Å². The van der Waals surface area contributed by atoms with Crippen molar-refractivity contribution in [2.24, 2.45) is 0 Å². The molecule has 0 bridgehead atoms. The first-order chi connectivity index (χ1) is 9.97. The fraction of sp³-hybridized carbons (Fsp3) is 0.200. The van der Waals surface area contributed by atoms with Crippen LogP contribution in [-0.2, 0) is 0 Å². The van der Waals surface area contributed by atoms with Crippen LogP contribution in [0.5, 0.6) is 11.5 Å². The summed E-state index contributed by atoms with van der Waals surface area (Å²) in [6.45, 7) is 0. The molecule has 0 radical (unpaired) electrons. The second-order valence-corrected chi connectivity index (χ2v) is 5.62. The SMILES string of the molecule is COc1cc(F)c(C(O)c2cc(Br)ccc2Cl)cc1OC. The van der Waals surface area contributed by atoms with E-state index in [1.807, 2.05) is 0 Å². The number of hydrogen-bond acceptors (Lipinski definition) is 3. The van der Waals surface area contributed by atoms with Gasteiger partial charge in [-0.15, -0.1) is 0 Å². The van der Waals surface area contributed by atoms with Crippen molar-refractivity contribution in [2.75, 3.05) is 14.2 Å². The van der Waals surface area contributed by atoms with E-state index in [9.17, 15) is 9.50 Å². The molecule has 2 rings (SSSR count). The Morgan fingerprint density at radius 2 is 1.71 bits per heavy atom. The Kier molecular flexibility index (Phi) is 5.08. The molecule has 0 fully saturated rings. The maximum absolute atomic E-state index is 14.2. The van der Waals surface area contributed by atoms with Crippen molar-refractivity contribution < 1.29 is 19.0 Å². The minimum absolute atomic E-state index is 0.0626. The van der Waals surface area contributed by atoms with Crippen molar-refractivity contribution in [1.82, 2.24) is 0 Å². The predicted molar refractivity (Wildman–Crippen MR) is 82.7 cm³/mol. The zero-order chi connectivity index (χ0) is 15.6. The molecular weight excluding hydrogens is 363 g/mol. The summed E-state index contributed by atoms with van der Waals surface area (Å²) in [5.74, 6) is -0.0125. The number of rotatable bonds is 4. The summed E-state index contributed by atoms with van der Waals surface area (Å²) in [6, 6.07) is 7.58. The van der Waals surface area contributed by atoms with Gasteiger partial charge in [0.15, 0.2) is 11.5 Å². The van der Waals surface area contributed by atoms with E-state index in [0.29, 0.717) is 16.3 Å². The minimum atomic E-state index is -1.21. The van der Waals surface area contributed by atoms with Crippen molar-refractivity contribution >= 4 is 27.5 Å². The Bertz CT molecular complexity index is 664. The van der Waals surface area contributed by atoms with Gasteiger partial charge >= 0.3 is 0 Å². The number of halogens is 3. The summed E-state index contributed by atoms with van der Waals surface area (Å²) < 4.78 is 25.1. The van der Waals surface area contributed by atoms with Crippen LogP contribution in [0.25, 0.3) is 0 Å². The highest BCUT2D eigenvalue weighted by atomic mass is 79.9. The van der Waals surface area contributed by atoms with Gasteiger partial charge in [-0.2, -0.15) is 0 Å². The maximum Gasteiger partial charge on any atom is 0.163 e. The quantitative estimate of drug-likeness (QED) is 0.864. The second-order valence-electron chi connectivity index (χ2n) is 4.30. The van der Waals surface area contributed by atoms with E-state index in [0.717, 1.165) is 4.47 Å². The second kappa shape index (κ2) is 6.64. The number of hydrogen-bond donors (Lipinski definition) is 1. The van der Waals surface area contributed by atoms with E-state index in [1.54, 1.807) is 18.2 Å². The van der Waals surface area contributed by atoms with Gasteiger partial charge in [-0.3, -0.25) is 0 Å². The fourth-order valence-corrected chi connectivity index (χ4v) is 2.57. The highest BCUT2D eigenvalue weighted by Gasteiger charge is 2.21. The maximum atomic E-state index is 14.2. The third-order valence-corrected chi connectivity index (χ3v) is 3.89. The zero-order valence-electron chi connectivity index (χ0n) is 11.4. The normalized spacial score (nSPS) is 12.1. The molecule has 2 aromatic rings. The minimum Gasteiger partial charge on any atom is -0.493 e. The van der Waals surface area contributed by atoms with Gasteiger partial charge in [-0.1, -0.05) is 27.5 Å². The van der Waals surface area contributed by atoms with Crippen molar-refractivity contribution in [3.05, 3.63) is 56.8 Å². The van der Waals surface area contributed by atoms with Gasteiger partial charge in [0.1, 0.15) is 11.9 Å². The van der Waals surface area contributed by atoms with Gasteiger partial charge in [-0.05, 0) is 24.3 Å². The Morgan fingerprint density at radius 1 is 1.10 bits per heavy atom. The molecule has 21 heavy (non-hydrogen) atoms. The molecule has 0 aromatic heterocycles. The molecule has 6 heteroatoms. The first kappa shape index (κ1) is 16.1. The number of methoxy groups -OCH3 is 2. The molecule has 0 spiro atoms. The van der Waals surface area contributed by atoms with Crippen LogP contribution in [0, 0.1) is 5.82 Å². The first-order valence-electron chi connectivity index (χ1n) is 6.02. The van der Waals surface area contributed by atoms with E-state index >= 15 is 0 Å². The van der Waals surface area contributed by atoms with Crippen LogP contribution in [0.3, 0.4) is 0 Å². The molecule has 0 heterocycles. The third kappa shape index (κ3) is 3.31. The molecule has 0 aliphatic carbocycles. The highest BCUT2D eigenvalue weighted by molar-refractivity contribution is 9.10. The largest absolute Gasteiger partial charge is 0.493 e. The number of benzene rings is 2. The van der Waals surface area contributed by atoms with E-state index < -0.39 is 11.9 Å². The lowest BCUT2D eigenvalue weighted by Gasteiger charge is -2.17. The van der Waals surface area contributed by atoms with Crippen LogP contribution >= 0.6 is 27.5 Å². The van der Waals surface area contributed by atoms with Gasteiger partial charge in [-0.25, -0.2) is 4.39 Å². The molecule has 0 aliphatic heterocycles. The standard InChI is InChI=1S/C15H13BrClFO3/c1-20-13-6-10(12(18)7-14(13)21-2)15(19)9-5-8(16)3-4-11(9)17/h3-7,15,19H,1-2H3. The van der Waals surface area contributed by atoms with Gasteiger partial charge in [0, 0.05) is 26.7 Å². The summed E-state index contributed by atoms with van der Waals surface area (Å²) in [5.41, 5.74) is 0.463. The highest BCUT2D eigenvalue weighted by Crippen LogP contribution is 2.37. The lowest BCUT2D eigenvalue weighted by molar-refractivity contribution is 0.214. The van der Waals surface area contributed by atoms with Crippen LogP contribution in [-0.4, -0.2) is 19.3 Å². The monoisotopic (exact) mass is 374 g/mol. The first-order valence-corrected chi connectivity index (χ1v) is 7.19. The van der Waals surface area contributed by atoms with E-state index in [1.165, 1.54) is 26.4 Å². The van der Waals surface area contributed by atoms with E-state index in [-0.39, 0.29) is 11.3 Å². The zero-order valence-corrected chi connectivity index (χ0v) is 13.7. The summed E-state index contributed by atoms with van der Waals surface area (Å²) in [7, 11) is 2.86. The number of aliphatic hydroxyl groups excluding tert-OH is 1. The summed E-state index contributed by atoms with van der Waals surface area (Å²) in [5, 5.41) is 10.8. The topological polar surface area (TPSA) is 38.7 Å². The molecule has 0 saturated heterocycles. The van der Waals surface area contributed by atoms with Crippen LogP contribution in [0.15, 0.2) is 34.8 Å². The Labute approximate surface area is 135 Å². The molecule has 0 amide bonds. The third-order valence-electron chi connectivity index (χ3n) is 3.05.